The van der Waals surface area contributed by atoms with Crippen LogP contribution in [-0.2, 0) is 0 Å². The highest BCUT2D eigenvalue weighted by atomic mass is 35.5. The van der Waals surface area contributed by atoms with Gasteiger partial charge in [-0.2, -0.15) is 0 Å². The van der Waals surface area contributed by atoms with Crippen molar-refractivity contribution in [3.63, 3.8) is 0 Å². The van der Waals surface area contributed by atoms with Gasteiger partial charge in [0.15, 0.2) is 0 Å². The smallest absolute Gasteiger partial charge is 0.0455 e. The molecule has 0 aromatic heterocycles. The molecule has 1 unspecified atom stereocenters. The van der Waals surface area contributed by atoms with Gasteiger partial charge >= 0.3 is 0 Å². The topological polar surface area (TPSA) is 38.0 Å². The van der Waals surface area contributed by atoms with Gasteiger partial charge in [-0.15, -0.1) is 0 Å². The number of benzene rings is 2. The fourth-order valence-corrected chi connectivity index (χ4v) is 3.98. The van der Waals surface area contributed by atoms with E-state index in [0.29, 0.717) is 12.5 Å². The minimum Gasteiger partial charge on any atom is -0.359 e. The molecule has 0 spiro atoms. The van der Waals surface area contributed by atoms with Crippen molar-refractivity contribution in [1.29, 1.82) is 0 Å². The van der Waals surface area contributed by atoms with Crippen LogP contribution >= 0.6 is 23.2 Å². The van der Waals surface area contributed by atoms with Gasteiger partial charge in [-0.3, -0.25) is 0 Å². The van der Waals surface area contributed by atoms with Gasteiger partial charge in [-0.1, -0.05) is 40.9 Å². The maximum atomic E-state index is 6.30. The number of nitrogens with one attached hydrogen (secondary N) is 1. The Morgan fingerprint density at radius 1 is 1.04 bits per heavy atom. The van der Waals surface area contributed by atoms with Crippen molar-refractivity contribution in [2.24, 2.45) is 11.7 Å². The fourth-order valence-electron chi connectivity index (χ4n) is 3.62. The van der Waals surface area contributed by atoms with Crippen LogP contribution in [-0.4, -0.2) is 6.54 Å². The molecule has 0 bridgehead atoms. The Morgan fingerprint density at radius 3 is 2.48 bits per heavy atom. The number of rotatable bonds is 5. The van der Waals surface area contributed by atoms with Gasteiger partial charge in [-0.25, -0.2) is 0 Å². The van der Waals surface area contributed by atoms with Crippen molar-refractivity contribution in [2.45, 2.75) is 33.6 Å². The normalized spacial score (nSPS) is 17.1. The summed E-state index contributed by atoms with van der Waals surface area (Å²) in [6, 6.07) is 12.1. The van der Waals surface area contributed by atoms with Gasteiger partial charge in [-0.05, 0) is 98.7 Å². The number of anilines is 1. The molecule has 0 aliphatic heterocycles. The minimum atomic E-state index is 0.414. The minimum absolute atomic E-state index is 0.414. The third-order valence-electron chi connectivity index (χ3n) is 5.30. The molecular weight excluding hydrogens is 375 g/mol. The summed E-state index contributed by atoms with van der Waals surface area (Å²) in [4.78, 5) is 0. The molecule has 0 saturated carbocycles. The zero-order valence-electron chi connectivity index (χ0n) is 16.1. The quantitative estimate of drug-likeness (QED) is 0.582. The zero-order chi connectivity index (χ0) is 19.6. The molecule has 0 radical (unpaired) electrons. The van der Waals surface area contributed by atoms with Crippen LogP contribution in [0, 0.1) is 19.8 Å². The van der Waals surface area contributed by atoms with Crippen molar-refractivity contribution in [3.8, 4) is 0 Å². The van der Waals surface area contributed by atoms with E-state index >= 15 is 0 Å². The molecule has 1 atom stereocenters. The lowest BCUT2D eigenvalue weighted by molar-refractivity contribution is 0.560. The zero-order valence-corrected chi connectivity index (χ0v) is 17.6. The first kappa shape index (κ1) is 20.0. The average molecular weight is 401 g/mol. The van der Waals surface area contributed by atoms with E-state index in [9.17, 15) is 0 Å². The van der Waals surface area contributed by atoms with Crippen LogP contribution in [0.15, 0.2) is 53.7 Å². The molecule has 0 saturated heterocycles. The maximum absolute atomic E-state index is 6.30. The molecule has 4 heteroatoms. The number of hydrogen-bond donors (Lipinski definition) is 2. The molecule has 2 aromatic rings. The molecule has 1 aliphatic carbocycles. The largest absolute Gasteiger partial charge is 0.359 e. The molecule has 1 aliphatic rings. The highest BCUT2D eigenvalue weighted by molar-refractivity contribution is 6.31. The second kappa shape index (κ2) is 8.52. The van der Waals surface area contributed by atoms with Crippen LogP contribution < -0.4 is 11.1 Å². The molecule has 2 aromatic carbocycles. The summed E-state index contributed by atoms with van der Waals surface area (Å²) >= 11 is 12.6. The van der Waals surface area contributed by atoms with Gasteiger partial charge in [0.25, 0.3) is 0 Å². The Kier molecular flexibility index (Phi) is 6.31. The van der Waals surface area contributed by atoms with E-state index < -0.39 is 0 Å². The second-order valence-corrected chi connectivity index (χ2v) is 8.14. The highest BCUT2D eigenvalue weighted by Gasteiger charge is 2.22. The molecule has 27 heavy (non-hydrogen) atoms. The Labute approximate surface area is 172 Å². The molecular formula is C23H26Cl2N2. The Hall–Kier alpha value is -1.74. The summed E-state index contributed by atoms with van der Waals surface area (Å²) in [5.41, 5.74) is 14.2. The van der Waals surface area contributed by atoms with E-state index in [1.54, 1.807) is 0 Å². The van der Waals surface area contributed by atoms with Gasteiger partial charge in [0.1, 0.15) is 0 Å². The van der Waals surface area contributed by atoms with E-state index in [1.165, 1.54) is 28.0 Å². The second-order valence-electron chi connectivity index (χ2n) is 7.29. The van der Waals surface area contributed by atoms with E-state index in [2.05, 4.69) is 43.4 Å². The summed E-state index contributed by atoms with van der Waals surface area (Å²) < 4.78 is 0. The van der Waals surface area contributed by atoms with Crippen molar-refractivity contribution >= 4 is 34.5 Å². The van der Waals surface area contributed by atoms with Crippen LogP contribution in [0.25, 0.3) is 5.57 Å². The number of allylic oxidation sites excluding steroid dienone is 4. The number of halogens is 2. The van der Waals surface area contributed by atoms with Gasteiger partial charge < -0.3 is 11.1 Å². The Morgan fingerprint density at radius 2 is 1.78 bits per heavy atom. The van der Waals surface area contributed by atoms with Crippen LogP contribution in [0.1, 0.15) is 36.5 Å². The Bertz CT molecular complexity index is 913. The highest BCUT2D eigenvalue weighted by Crippen LogP contribution is 2.38. The first-order valence-corrected chi connectivity index (χ1v) is 10.1. The van der Waals surface area contributed by atoms with Gasteiger partial charge in [0, 0.05) is 21.4 Å². The van der Waals surface area contributed by atoms with E-state index in [-0.39, 0.29) is 0 Å². The Balaban J connectivity index is 2.01. The van der Waals surface area contributed by atoms with E-state index in [4.69, 9.17) is 28.9 Å². The third-order valence-corrected chi connectivity index (χ3v) is 5.95. The lowest BCUT2D eigenvalue weighted by atomic mass is 9.81. The maximum Gasteiger partial charge on any atom is 0.0455 e. The lowest BCUT2D eigenvalue weighted by Gasteiger charge is -2.28. The molecule has 142 valence electrons. The summed E-state index contributed by atoms with van der Waals surface area (Å²) in [6.45, 7) is 7.02. The monoisotopic (exact) mass is 400 g/mol. The average Bonchev–Trinajstić information content (AvgIpc) is 2.63. The standard InChI is InChI=1S/C23H26Cl2N2/c1-14-4-6-18(24)11-21(14)22-12-20(10-17(8-9-26)16(22)3)27-19-7-5-15(2)23(25)13-19/h4-7,11-13,17,27H,8-10,26H2,1-3H3. The third kappa shape index (κ3) is 4.57. The summed E-state index contributed by atoms with van der Waals surface area (Å²) in [7, 11) is 0. The van der Waals surface area contributed by atoms with Gasteiger partial charge in [0.2, 0.25) is 0 Å². The van der Waals surface area contributed by atoms with Crippen molar-refractivity contribution in [2.75, 3.05) is 11.9 Å². The summed E-state index contributed by atoms with van der Waals surface area (Å²) in [5, 5.41) is 5.09. The lowest BCUT2D eigenvalue weighted by Crippen LogP contribution is -2.18. The van der Waals surface area contributed by atoms with Gasteiger partial charge in [0.05, 0.1) is 0 Å². The van der Waals surface area contributed by atoms with Crippen molar-refractivity contribution < 1.29 is 0 Å². The van der Waals surface area contributed by atoms with Crippen LogP contribution in [0.2, 0.25) is 10.0 Å². The number of hydrogen-bond acceptors (Lipinski definition) is 2. The van der Waals surface area contributed by atoms with Crippen LogP contribution in [0.3, 0.4) is 0 Å². The summed E-state index contributed by atoms with van der Waals surface area (Å²) in [5.74, 6) is 0.414. The van der Waals surface area contributed by atoms with E-state index in [1.807, 2.05) is 25.1 Å². The van der Waals surface area contributed by atoms with Crippen molar-refractivity contribution in [1.82, 2.24) is 0 Å². The predicted octanol–water partition coefficient (Wildman–Crippen LogP) is 6.75. The predicted molar refractivity (Wildman–Crippen MR) is 118 cm³/mol. The first-order valence-electron chi connectivity index (χ1n) is 9.30. The molecule has 2 nitrogen and oxygen atoms in total. The van der Waals surface area contributed by atoms with Crippen LogP contribution in [0.5, 0.6) is 0 Å². The number of nitrogens with two attached hydrogens (primary N) is 1. The fraction of sp³-hybridized carbons (Fsp3) is 0.304. The van der Waals surface area contributed by atoms with E-state index in [0.717, 1.165) is 34.1 Å². The molecule has 3 rings (SSSR count). The van der Waals surface area contributed by atoms with Crippen molar-refractivity contribution in [3.05, 3.63) is 80.5 Å². The molecule has 0 heterocycles. The first-order chi connectivity index (χ1) is 12.9. The SMILES string of the molecule is CC1=C(c2cc(Cl)ccc2C)C=C(Nc2ccc(C)c(Cl)c2)CC1CCN. The van der Waals surface area contributed by atoms with Crippen LogP contribution in [0.4, 0.5) is 5.69 Å². The molecule has 0 amide bonds. The molecule has 3 N–H and O–H groups in total. The number of aryl methyl sites for hydroxylation is 2. The summed E-state index contributed by atoms with van der Waals surface area (Å²) in [6.07, 6.45) is 4.15. The molecule has 0 fully saturated rings.